The van der Waals surface area contributed by atoms with Crippen LogP contribution in [0.2, 0.25) is 0 Å². The summed E-state index contributed by atoms with van der Waals surface area (Å²) in [6.45, 7) is 3.81. The van der Waals surface area contributed by atoms with Gasteiger partial charge in [-0.25, -0.2) is 13.6 Å². The summed E-state index contributed by atoms with van der Waals surface area (Å²) in [5.74, 6) is 1.31. The molecule has 0 saturated heterocycles. The first-order chi connectivity index (χ1) is 12.3. The van der Waals surface area contributed by atoms with Crippen LogP contribution in [-0.2, 0) is 17.4 Å². The van der Waals surface area contributed by atoms with Gasteiger partial charge in [0.25, 0.3) is 0 Å². The lowest BCUT2D eigenvalue weighted by atomic mass is 9.84. The van der Waals surface area contributed by atoms with E-state index in [9.17, 15) is 8.60 Å². The highest BCUT2D eigenvalue weighted by Crippen LogP contribution is 2.42. The molecule has 0 amide bonds. The van der Waals surface area contributed by atoms with E-state index < -0.39 is 21.5 Å². The molecule has 2 aromatic heterocycles. The fourth-order valence-electron chi connectivity index (χ4n) is 3.72. The van der Waals surface area contributed by atoms with Crippen LogP contribution in [0.15, 0.2) is 16.7 Å². The van der Waals surface area contributed by atoms with E-state index >= 15 is 0 Å². The van der Waals surface area contributed by atoms with Gasteiger partial charge in [0.1, 0.15) is 5.76 Å². The maximum absolute atomic E-state index is 14.4. The van der Waals surface area contributed by atoms with E-state index in [-0.39, 0.29) is 5.92 Å². The molecule has 26 heavy (non-hydrogen) atoms. The number of nitrogens with zero attached hydrogens (tertiary/aromatic N) is 2. The summed E-state index contributed by atoms with van der Waals surface area (Å²) in [6.07, 6.45) is 6.87. The van der Waals surface area contributed by atoms with Gasteiger partial charge >= 0.3 is 0 Å². The molecule has 7 heteroatoms. The van der Waals surface area contributed by atoms with E-state index in [1.807, 2.05) is 13.8 Å². The summed E-state index contributed by atoms with van der Waals surface area (Å²) < 4.78 is 31.6. The third kappa shape index (κ3) is 3.34. The van der Waals surface area contributed by atoms with Gasteiger partial charge in [0, 0.05) is 24.0 Å². The van der Waals surface area contributed by atoms with Crippen molar-refractivity contribution >= 4 is 11.0 Å². The van der Waals surface area contributed by atoms with Crippen LogP contribution in [0.4, 0.5) is 4.39 Å². The zero-order valence-corrected chi connectivity index (χ0v) is 15.9. The number of aromatic nitrogens is 2. The summed E-state index contributed by atoms with van der Waals surface area (Å²) in [6, 6.07) is 1.78. The molecule has 2 aliphatic carbocycles. The quantitative estimate of drug-likeness (QED) is 0.855. The van der Waals surface area contributed by atoms with E-state index in [0.717, 1.165) is 49.3 Å². The molecular weight excluding hydrogens is 353 g/mol. The summed E-state index contributed by atoms with van der Waals surface area (Å²) >= 11 is 0. The second kappa shape index (κ2) is 6.53. The monoisotopic (exact) mass is 377 g/mol. The highest BCUT2D eigenvalue weighted by molar-refractivity contribution is 7.84. The van der Waals surface area contributed by atoms with Gasteiger partial charge in [0.15, 0.2) is 5.82 Å². The van der Waals surface area contributed by atoms with Crippen LogP contribution in [0.5, 0.6) is 0 Å². The minimum Gasteiger partial charge on any atom is -0.441 e. The molecule has 2 aromatic rings. The molecule has 0 bridgehead atoms. The number of rotatable bonds is 5. The number of aryl methyl sites for hydroxylation is 1. The molecule has 2 heterocycles. The smallest absolute Gasteiger partial charge is 0.229 e. The summed E-state index contributed by atoms with van der Waals surface area (Å²) in [5.41, 5.74) is 2.17. The highest BCUT2D eigenvalue weighted by Gasteiger charge is 2.34. The van der Waals surface area contributed by atoms with Gasteiger partial charge in [-0.15, -0.1) is 0 Å². The minimum atomic E-state index is -1.42. The second-order valence-corrected chi connectivity index (χ2v) is 9.74. The van der Waals surface area contributed by atoms with Gasteiger partial charge in [-0.1, -0.05) is 0 Å². The Labute approximate surface area is 155 Å². The first-order valence-corrected chi connectivity index (χ1v) is 10.4. The van der Waals surface area contributed by atoms with Crippen molar-refractivity contribution in [2.75, 3.05) is 0 Å². The second-order valence-electron chi connectivity index (χ2n) is 8.04. The number of nitrogens with two attached hydrogens (primary N) is 1. The molecule has 2 aliphatic rings. The third-order valence-corrected chi connectivity index (χ3v) is 6.71. The Balaban J connectivity index is 1.67. The standard InChI is InChI=1S/C19H24FN3O2S/c1-19(2,26(21)24)9-12-4-3-5-16-17(12)23-18(25-16)13-8-15(11-6-7-11)22-10-14(13)20/h8,10-12H,3-7,9,21H2,1-2H3/t12-,26?/m0/s1. The fraction of sp³-hybridized carbons (Fsp3) is 0.579. The van der Waals surface area contributed by atoms with Crippen molar-refractivity contribution in [2.45, 2.75) is 69.0 Å². The molecule has 0 aliphatic heterocycles. The molecule has 0 spiro atoms. The predicted octanol–water partition coefficient (Wildman–Crippen LogP) is 3.96. The average molecular weight is 377 g/mol. The molecule has 2 N–H and O–H groups in total. The molecule has 2 atom stereocenters. The van der Waals surface area contributed by atoms with Crippen LogP contribution in [0.25, 0.3) is 11.5 Å². The normalized spacial score (nSPS) is 21.5. The Morgan fingerprint density at radius 1 is 1.38 bits per heavy atom. The Bertz CT molecular complexity index is 860. The van der Waals surface area contributed by atoms with Gasteiger partial charge in [0.05, 0.1) is 33.2 Å². The first kappa shape index (κ1) is 17.8. The Morgan fingerprint density at radius 2 is 2.15 bits per heavy atom. The van der Waals surface area contributed by atoms with Crippen molar-refractivity contribution in [2.24, 2.45) is 5.14 Å². The van der Waals surface area contributed by atoms with E-state index in [0.29, 0.717) is 23.8 Å². The minimum absolute atomic E-state index is 0.131. The zero-order valence-electron chi connectivity index (χ0n) is 15.1. The van der Waals surface area contributed by atoms with Crippen molar-refractivity contribution in [3.63, 3.8) is 0 Å². The van der Waals surface area contributed by atoms with E-state index in [2.05, 4.69) is 9.97 Å². The first-order valence-electron chi connectivity index (χ1n) is 9.17. The van der Waals surface area contributed by atoms with E-state index in [1.54, 1.807) is 6.07 Å². The van der Waals surface area contributed by atoms with Gasteiger partial charge in [-0.3, -0.25) is 10.1 Å². The molecule has 4 rings (SSSR count). The lowest BCUT2D eigenvalue weighted by Gasteiger charge is -2.28. The summed E-state index contributed by atoms with van der Waals surface area (Å²) in [5, 5.41) is 5.65. The van der Waals surface area contributed by atoms with Crippen LogP contribution in [0, 0.1) is 5.82 Å². The molecule has 1 fully saturated rings. The molecule has 1 saturated carbocycles. The van der Waals surface area contributed by atoms with Gasteiger partial charge in [-0.05, 0) is 52.0 Å². The number of pyridine rings is 1. The lowest BCUT2D eigenvalue weighted by Crippen LogP contribution is -2.34. The fourth-order valence-corrected chi connectivity index (χ4v) is 4.08. The zero-order chi connectivity index (χ0) is 18.5. The Morgan fingerprint density at radius 3 is 2.85 bits per heavy atom. The Kier molecular flexibility index (Phi) is 4.47. The maximum atomic E-state index is 14.4. The molecular formula is C19H24FN3O2S. The predicted molar refractivity (Wildman–Crippen MR) is 98.4 cm³/mol. The van der Waals surface area contributed by atoms with Crippen molar-refractivity contribution in [1.82, 2.24) is 9.97 Å². The molecule has 0 aromatic carbocycles. The number of hydrogen-bond donors (Lipinski definition) is 1. The van der Waals surface area contributed by atoms with Crippen LogP contribution in [-0.4, -0.2) is 18.9 Å². The van der Waals surface area contributed by atoms with Crippen molar-refractivity contribution in [3.05, 3.63) is 35.2 Å². The van der Waals surface area contributed by atoms with Crippen molar-refractivity contribution < 1.29 is 13.0 Å². The largest absolute Gasteiger partial charge is 0.441 e. The highest BCUT2D eigenvalue weighted by atomic mass is 32.2. The van der Waals surface area contributed by atoms with Crippen molar-refractivity contribution in [3.8, 4) is 11.5 Å². The lowest BCUT2D eigenvalue weighted by molar-refractivity contribution is 0.419. The molecule has 0 radical (unpaired) electrons. The van der Waals surface area contributed by atoms with E-state index in [4.69, 9.17) is 9.56 Å². The van der Waals surface area contributed by atoms with Gasteiger partial charge in [-0.2, -0.15) is 0 Å². The SMILES string of the molecule is CC(C)(C[C@@H]1CCCc2oc(-c3cc(C4CC4)ncc3F)nc21)S(N)=O. The van der Waals surface area contributed by atoms with Crippen molar-refractivity contribution in [1.29, 1.82) is 0 Å². The van der Waals surface area contributed by atoms with Crippen LogP contribution < -0.4 is 5.14 Å². The maximum Gasteiger partial charge on any atom is 0.229 e. The summed E-state index contributed by atoms with van der Waals surface area (Å²) in [7, 11) is -1.42. The summed E-state index contributed by atoms with van der Waals surface area (Å²) in [4.78, 5) is 8.85. The number of hydrogen-bond acceptors (Lipinski definition) is 4. The average Bonchev–Trinajstić information content (AvgIpc) is 3.34. The van der Waals surface area contributed by atoms with Gasteiger partial charge < -0.3 is 4.42 Å². The molecule has 5 nitrogen and oxygen atoms in total. The molecule has 140 valence electrons. The number of oxazole rings is 1. The number of halogens is 1. The van der Waals surface area contributed by atoms with Crippen LogP contribution >= 0.6 is 0 Å². The van der Waals surface area contributed by atoms with Crippen LogP contribution in [0.3, 0.4) is 0 Å². The van der Waals surface area contributed by atoms with Crippen LogP contribution in [0.1, 0.15) is 74.9 Å². The Hall–Kier alpha value is -1.60. The van der Waals surface area contributed by atoms with Gasteiger partial charge in [0.2, 0.25) is 5.89 Å². The van der Waals surface area contributed by atoms with E-state index in [1.165, 1.54) is 6.20 Å². The topological polar surface area (TPSA) is 82.0 Å². The number of fused-ring (bicyclic) bond motifs is 1. The third-order valence-electron chi connectivity index (χ3n) is 5.46. The molecule has 1 unspecified atom stereocenters.